The Hall–Kier alpha value is -1.88. The number of ether oxygens (including phenoxy) is 1. The van der Waals surface area contributed by atoms with Gasteiger partial charge in [0.15, 0.2) is 0 Å². The Morgan fingerprint density at radius 3 is 3.00 bits per heavy atom. The minimum Gasteiger partial charge on any atom is -0.383 e. The summed E-state index contributed by atoms with van der Waals surface area (Å²) >= 11 is 0. The van der Waals surface area contributed by atoms with Gasteiger partial charge < -0.3 is 10.1 Å². The molecule has 0 saturated carbocycles. The van der Waals surface area contributed by atoms with Crippen LogP contribution in [0.15, 0.2) is 30.6 Å². The summed E-state index contributed by atoms with van der Waals surface area (Å²) in [6, 6.07) is 5.11. The normalized spacial score (nSPS) is 10.6. The van der Waals surface area contributed by atoms with Crippen LogP contribution in [-0.2, 0) is 4.74 Å². The fourth-order valence-corrected chi connectivity index (χ4v) is 1.64. The van der Waals surface area contributed by atoms with Gasteiger partial charge >= 0.3 is 0 Å². The van der Waals surface area contributed by atoms with Crippen LogP contribution in [0.25, 0.3) is 5.69 Å². The maximum atomic E-state index is 13.5. The molecule has 4 nitrogen and oxygen atoms in total. The lowest BCUT2D eigenvalue weighted by atomic mass is 10.2. The monoisotopic (exact) mass is 249 g/mol. The Bertz CT molecular complexity index is 525. The lowest BCUT2D eigenvalue weighted by Gasteiger charge is -2.10. The molecular formula is C13H16FN3O. The van der Waals surface area contributed by atoms with Crippen LogP contribution in [0.3, 0.4) is 0 Å². The number of rotatable bonds is 5. The number of nitrogens with one attached hydrogen (secondary N) is 1. The van der Waals surface area contributed by atoms with Gasteiger partial charge in [0.25, 0.3) is 0 Å². The van der Waals surface area contributed by atoms with Gasteiger partial charge in [0.2, 0.25) is 5.95 Å². The van der Waals surface area contributed by atoms with Gasteiger partial charge in [-0.05, 0) is 24.6 Å². The zero-order chi connectivity index (χ0) is 13.0. The SMILES string of the molecule is COCCNc1nccn1-c1ccc(C)c(F)c1. The number of hydrogen-bond acceptors (Lipinski definition) is 3. The highest BCUT2D eigenvalue weighted by Crippen LogP contribution is 2.17. The van der Waals surface area contributed by atoms with Crippen molar-refractivity contribution in [1.29, 1.82) is 0 Å². The topological polar surface area (TPSA) is 39.1 Å². The van der Waals surface area contributed by atoms with Crippen LogP contribution >= 0.6 is 0 Å². The smallest absolute Gasteiger partial charge is 0.207 e. The first-order valence-corrected chi connectivity index (χ1v) is 5.75. The minimum atomic E-state index is -0.218. The van der Waals surface area contributed by atoms with Crippen molar-refractivity contribution in [2.24, 2.45) is 0 Å². The molecule has 0 spiro atoms. The number of imidazole rings is 1. The predicted molar refractivity (Wildman–Crippen MR) is 68.6 cm³/mol. The van der Waals surface area contributed by atoms with Crippen molar-refractivity contribution in [3.63, 3.8) is 0 Å². The van der Waals surface area contributed by atoms with Crippen molar-refractivity contribution in [3.05, 3.63) is 42.0 Å². The van der Waals surface area contributed by atoms with Crippen LogP contribution < -0.4 is 5.32 Å². The predicted octanol–water partition coefficient (Wildman–Crippen LogP) is 2.38. The van der Waals surface area contributed by atoms with Crippen LogP contribution in [0.5, 0.6) is 0 Å². The van der Waals surface area contributed by atoms with Crippen molar-refractivity contribution in [3.8, 4) is 5.69 Å². The van der Waals surface area contributed by atoms with Gasteiger partial charge in [-0.2, -0.15) is 0 Å². The lowest BCUT2D eigenvalue weighted by molar-refractivity contribution is 0.210. The summed E-state index contributed by atoms with van der Waals surface area (Å²) in [6.07, 6.45) is 3.46. The highest BCUT2D eigenvalue weighted by atomic mass is 19.1. The van der Waals surface area contributed by atoms with Gasteiger partial charge in [0, 0.05) is 26.0 Å². The standard InChI is InChI=1S/C13H16FN3O/c1-10-3-4-11(9-12(10)14)17-7-5-15-13(17)16-6-8-18-2/h3-5,7,9H,6,8H2,1-2H3,(H,15,16). The average Bonchev–Trinajstić information content (AvgIpc) is 2.81. The van der Waals surface area contributed by atoms with Crippen molar-refractivity contribution in [2.75, 3.05) is 25.6 Å². The molecule has 0 aliphatic heterocycles. The molecule has 0 aliphatic carbocycles. The van der Waals surface area contributed by atoms with Crippen LogP contribution in [0.4, 0.5) is 10.3 Å². The first kappa shape index (κ1) is 12.6. The van der Waals surface area contributed by atoms with E-state index in [2.05, 4.69) is 10.3 Å². The maximum absolute atomic E-state index is 13.5. The van der Waals surface area contributed by atoms with E-state index in [1.165, 1.54) is 6.07 Å². The number of aromatic nitrogens is 2. The number of halogens is 1. The summed E-state index contributed by atoms with van der Waals surface area (Å²) in [5.41, 5.74) is 1.38. The molecular weight excluding hydrogens is 233 g/mol. The van der Waals surface area contributed by atoms with Gasteiger partial charge in [-0.3, -0.25) is 4.57 Å². The fraction of sp³-hybridized carbons (Fsp3) is 0.308. The molecule has 0 bridgehead atoms. The van der Waals surface area contributed by atoms with Gasteiger partial charge in [-0.15, -0.1) is 0 Å². The molecule has 0 amide bonds. The average molecular weight is 249 g/mol. The van der Waals surface area contributed by atoms with E-state index in [0.29, 0.717) is 24.7 Å². The van der Waals surface area contributed by atoms with E-state index in [-0.39, 0.29) is 5.82 Å². The largest absolute Gasteiger partial charge is 0.383 e. The quantitative estimate of drug-likeness (QED) is 0.827. The molecule has 0 unspecified atom stereocenters. The van der Waals surface area contributed by atoms with E-state index in [4.69, 9.17) is 4.74 Å². The molecule has 0 fully saturated rings. The lowest BCUT2D eigenvalue weighted by Crippen LogP contribution is -2.11. The molecule has 0 saturated heterocycles. The Kier molecular flexibility index (Phi) is 3.94. The summed E-state index contributed by atoms with van der Waals surface area (Å²) in [5.74, 6) is 0.458. The van der Waals surface area contributed by atoms with E-state index in [0.717, 1.165) is 5.69 Å². The minimum absolute atomic E-state index is 0.218. The van der Waals surface area contributed by atoms with Crippen molar-refractivity contribution in [2.45, 2.75) is 6.92 Å². The van der Waals surface area contributed by atoms with Gasteiger partial charge in [-0.25, -0.2) is 9.37 Å². The first-order valence-electron chi connectivity index (χ1n) is 5.75. The number of aryl methyl sites for hydroxylation is 1. The third kappa shape index (κ3) is 2.68. The number of methoxy groups -OCH3 is 1. The molecule has 5 heteroatoms. The van der Waals surface area contributed by atoms with Crippen LogP contribution in [0, 0.1) is 12.7 Å². The van der Waals surface area contributed by atoms with Crippen LogP contribution in [-0.4, -0.2) is 29.8 Å². The molecule has 1 aromatic carbocycles. The molecule has 1 heterocycles. The summed E-state index contributed by atoms with van der Waals surface area (Å²) in [6.45, 7) is 2.99. The number of nitrogens with zero attached hydrogens (tertiary/aromatic N) is 2. The number of benzene rings is 1. The molecule has 18 heavy (non-hydrogen) atoms. The molecule has 1 aromatic heterocycles. The summed E-state index contributed by atoms with van der Waals surface area (Å²) in [4.78, 5) is 4.19. The Labute approximate surface area is 105 Å². The van der Waals surface area contributed by atoms with Crippen molar-refractivity contribution < 1.29 is 9.13 Å². The molecule has 2 aromatic rings. The van der Waals surface area contributed by atoms with Gasteiger partial charge in [0.05, 0.1) is 12.3 Å². The van der Waals surface area contributed by atoms with Gasteiger partial charge in [0.1, 0.15) is 5.82 Å². The number of anilines is 1. The zero-order valence-corrected chi connectivity index (χ0v) is 10.5. The molecule has 96 valence electrons. The second kappa shape index (κ2) is 5.64. The molecule has 0 aliphatic rings. The van der Waals surface area contributed by atoms with Crippen molar-refractivity contribution >= 4 is 5.95 Å². The molecule has 0 radical (unpaired) electrons. The van der Waals surface area contributed by atoms with E-state index in [9.17, 15) is 4.39 Å². The Balaban J connectivity index is 2.22. The molecule has 0 atom stereocenters. The second-order valence-corrected chi connectivity index (χ2v) is 3.97. The third-order valence-electron chi connectivity index (χ3n) is 2.66. The molecule has 1 N–H and O–H groups in total. The maximum Gasteiger partial charge on any atom is 0.207 e. The van der Waals surface area contributed by atoms with Crippen molar-refractivity contribution in [1.82, 2.24) is 9.55 Å². The Morgan fingerprint density at radius 1 is 1.44 bits per heavy atom. The highest BCUT2D eigenvalue weighted by Gasteiger charge is 2.06. The number of hydrogen-bond donors (Lipinski definition) is 1. The third-order valence-corrected chi connectivity index (χ3v) is 2.66. The highest BCUT2D eigenvalue weighted by molar-refractivity contribution is 5.43. The molecule has 2 rings (SSSR count). The second-order valence-electron chi connectivity index (χ2n) is 3.97. The van der Waals surface area contributed by atoms with Crippen LogP contribution in [0.2, 0.25) is 0 Å². The fourth-order valence-electron chi connectivity index (χ4n) is 1.64. The first-order chi connectivity index (χ1) is 8.72. The van der Waals surface area contributed by atoms with E-state index in [1.807, 2.05) is 6.07 Å². The van der Waals surface area contributed by atoms with Crippen LogP contribution in [0.1, 0.15) is 5.56 Å². The van der Waals surface area contributed by atoms with E-state index < -0.39 is 0 Å². The Morgan fingerprint density at radius 2 is 2.28 bits per heavy atom. The summed E-state index contributed by atoms with van der Waals surface area (Å²) in [5, 5.41) is 3.13. The van der Waals surface area contributed by atoms with E-state index >= 15 is 0 Å². The summed E-state index contributed by atoms with van der Waals surface area (Å²) < 4.78 is 20.3. The zero-order valence-electron chi connectivity index (χ0n) is 10.5. The van der Waals surface area contributed by atoms with E-state index in [1.54, 1.807) is 37.1 Å². The van der Waals surface area contributed by atoms with Gasteiger partial charge in [-0.1, -0.05) is 6.07 Å². The summed E-state index contributed by atoms with van der Waals surface area (Å²) in [7, 11) is 1.64.